The Bertz CT molecular complexity index is 879. The fourth-order valence-corrected chi connectivity index (χ4v) is 2.79. The number of hydrogen-bond donors (Lipinski definition) is 2. The van der Waals surface area contributed by atoms with Gasteiger partial charge in [0.2, 0.25) is 0 Å². The lowest BCUT2D eigenvalue weighted by atomic mass is 10.0. The van der Waals surface area contributed by atoms with Crippen molar-refractivity contribution in [2.45, 2.75) is 26.0 Å². The molecule has 2 unspecified atom stereocenters. The van der Waals surface area contributed by atoms with Crippen molar-refractivity contribution in [3.63, 3.8) is 0 Å². The predicted molar refractivity (Wildman–Crippen MR) is 105 cm³/mol. The Kier molecular flexibility index (Phi) is 6.95. The summed E-state index contributed by atoms with van der Waals surface area (Å²) in [5.41, 5.74) is 0. The molecule has 0 aliphatic carbocycles. The number of carbonyl (C=O) groups is 3. The van der Waals surface area contributed by atoms with E-state index in [0.717, 1.165) is 0 Å². The number of amides is 2. The van der Waals surface area contributed by atoms with Gasteiger partial charge in [0.1, 0.15) is 18.8 Å². The highest BCUT2D eigenvalue weighted by Crippen LogP contribution is 2.30. The third kappa shape index (κ3) is 5.53. The van der Waals surface area contributed by atoms with Gasteiger partial charge in [0.05, 0.1) is 12.8 Å². The Labute approximate surface area is 173 Å². The Morgan fingerprint density at radius 3 is 2.60 bits per heavy atom. The number of hydrogen-bond acceptors (Lipinski definition) is 7. The molecule has 2 N–H and O–H groups in total. The third-order valence-electron chi connectivity index (χ3n) is 4.39. The molecule has 1 aliphatic rings. The highest BCUT2D eigenvalue weighted by Gasteiger charge is 2.28. The van der Waals surface area contributed by atoms with Gasteiger partial charge in [-0.15, -0.1) is 0 Å². The van der Waals surface area contributed by atoms with E-state index in [4.69, 9.17) is 18.6 Å². The molecule has 0 radical (unpaired) electrons. The van der Waals surface area contributed by atoms with Crippen molar-refractivity contribution >= 4 is 17.8 Å². The van der Waals surface area contributed by atoms with Crippen molar-refractivity contribution in [3.05, 3.63) is 48.4 Å². The van der Waals surface area contributed by atoms with Crippen LogP contribution in [0, 0.1) is 5.92 Å². The molecule has 1 aliphatic heterocycles. The molecule has 0 bridgehead atoms. The summed E-state index contributed by atoms with van der Waals surface area (Å²) >= 11 is 0. The van der Waals surface area contributed by atoms with Gasteiger partial charge in [-0.2, -0.15) is 0 Å². The zero-order valence-corrected chi connectivity index (χ0v) is 16.8. The molecule has 9 nitrogen and oxygen atoms in total. The first-order chi connectivity index (χ1) is 14.4. The molecular weight excluding hydrogens is 392 g/mol. The minimum absolute atomic E-state index is 0.0856. The minimum atomic E-state index is -0.915. The van der Waals surface area contributed by atoms with Crippen LogP contribution in [0.1, 0.15) is 24.4 Å². The van der Waals surface area contributed by atoms with E-state index in [1.54, 1.807) is 32.0 Å². The zero-order valence-electron chi connectivity index (χ0n) is 16.8. The summed E-state index contributed by atoms with van der Waals surface area (Å²) in [4.78, 5) is 36.5. The van der Waals surface area contributed by atoms with Crippen molar-refractivity contribution in [3.8, 4) is 11.5 Å². The molecule has 2 atom stereocenters. The van der Waals surface area contributed by atoms with Gasteiger partial charge in [-0.05, 0) is 30.2 Å². The Morgan fingerprint density at radius 1 is 1.13 bits per heavy atom. The predicted octanol–water partition coefficient (Wildman–Crippen LogP) is 1.53. The highest BCUT2D eigenvalue weighted by molar-refractivity contribution is 5.94. The summed E-state index contributed by atoms with van der Waals surface area (Å²) < 4.78 is 21.4. The van der Waals surface area contributed by atoms with E-state index in [2.05, 4.69) is 10.6 Å². The highest BCUT2D eigenvalue weighted by atomic mass is 16.6. The number of para-hydroxylation sites is 2. The van der Waals surface area contributed by atoms with Crippen molar-refractivity contribution in [1.29, 1.82) is 0 Å². The topological polar surface area (TPSA) is 116 Å². The van der Waals surface area contributed by atoms with Crippen molar-refractivity contribution in [1.82, 2.24) is 10.6 Å². The maximum Gasteiger partial charge on any atom is 0.329 e. The summed E-state index contributed by atoms with van der Waals surface area (Å²) in [6.07, 6.45) is 1.01. The Balaban J connectivity index is 1.42. The largest absolute Gasteiger partial charge is 0.486 e. The van der Waals surface area contributed by atoms with Crippen molar-refractivity contribution in [2.75, 3.05) is 19.8 Å². The Hall–Kier alpha value is -3.49. The van der Waals surface area contributed by atoms with Gasteiger partial charge in [-0.3, -0.25) is 9.59 Å². The molecule has 9 heteroatoms. The lowest BCUT2D eigenvalue weighted by Gasteiger charge is -2.26. The summed E-state index contributed by atoms with van der Waals surface area (Å²) in [7, 11) is 0. The van der Waals surface area contributed by atoms with Gasteiger partial charge in [0, 0.05) is 0 Å². The standard InChI is InChI=1S/C21H24N2O7/c1-13(2)19(23-20(25)17-8-5-9-27-17)21(26)29-12-18(24)22-10-14-11-28-15-6-3-4-7-16(15)30-14/h3-9,13-14,19H,10-12H2,1-2H3,(H,22,24)(H,23,25). The van der Waals surface area contributed by atoms with Crippen LogP contribution in [-0.4, -0.2) is 49.7 Å². The van der Waals surface area contributed by atoms with Crippen LogP contribution in [0.25, 0.3) is 0 Å². The lowest BCUT2D eigenvalue weighted by Crippen LogP contribution is -2.46. The number of furan rings is 1. The first-order valence-corrected chi connectivity index (χ1v) is 9.60. The maximum absolute atomic E-state index is 12.3. The van der Waals surface area contributed by atoms with Crippen LogP contribution in [-0.2, 0) is 14.3 Å². The summed E-state index contributed by atoms with van der Waals surface area (Å²) in [5.74, 6) is -0.603. The second-order valence-corrected chi connectivity index (χ2v) is 7.08. The summed E-state index contributed by atoms with van der Waals surface area (Å²) in [6, 6.07) is 9.41. The molecule has 2 amide bonds. The van der Waals surface area contributed by atoms with E-state index in [-0.39, 0.29) is 24.3 Å². The third-order valence-corrected chi connectivity index (χ3v) is 4.39. The number of nitrogens with one attached hydrogen (secondary N) is 2. The van der Waals surface area contributed by atoms with Crippen LogP contribution in [0.15, 0.2) is 47.1 Å². The maximum atomic E-state index is 12.3. The van der Waals surface area contributed by atoms with Crippen LogP contribution in [0.4, 0.5) is 0 Å². The van der Waals surface area contributed by atoms with E-state index in [9.17, 15) is 14.4 Å². The number of benzene rings is 1. The van der Waals surface area contributed by atoms with E-state index in [1.807, 2.05) is 12.1 Å². The van der Waals surface area contributed by atoms with Crippen molar-refractivity contribution in [2.24, 2.45) is 5.92 Å². The number of ether oxygens (including phenoxy) is 3. The first kappa shape index (κ1) is 21.2. The van der Waals surface area contributed by atoms with E-state index in [1.165, 1.54) is 12.3 Å². The second kappa shape index (κ2) is 9.82. The molecular formula is C21H24N2O7. The molecule has 1 aromatic heterocycles. The van der Waals surface area contributed by atoms with Crippen molar-refractivity contribution < 1.29 is 33.0 Å². The summed E-state index contributed by atoms with van der Waals surface area (Å²) in [5, 5.41) is 5.21. The molecule has 0 saturated heterocycles. The van der Waals surface area contributed by atoms with Gasteiger partial charge in [0.15, 0.2) is 23.9 Å². The van der Waals surface area contributed by atoms with E-state index in [0.29, 0.717) is 18.1 Å². The molecule has 0 spiro atoms. The average molecular weight is 416 g/mol. The van der Waals surface area contributed by atoms with Crippen LogP contribution in [0.5, 0.6) is 11.5 Å². The number of esters is 1. The zero-order chi connectivity index (χ0) is 21.5. The quantitative estimate of drug-likeness (QED) is 0.627. The van der Waals surface area contributed by atoms with Crippen LogP contribution in [0.3, 0.4) is 0 Å². The lowest BCUT2D eigenvalue weighted by molar-refractivity contribution is -0.151. The molecule has 0 saturated carbocycles. The molecule has 2 aromatic rings. The first-order valence-electron chi connectivity index (χ1n) is 9.60. The van der Waals surface area contributed by atoms with Gasteiger partial charge >= 0.3 is 5.97 Å². The van der Waals surface area contributed by atoms with Crippen LogP contribution < -0.4 is 20.1 Å². The van der Waals surface area contributed by atoms with E-state index >= 15 is 0 Å². The van der Waals surface area contributed by atoms with Gasteiger partial charge in [0.25, 0.3) is 11.8 Å². The van der Waals surface area contributed by atoms with Gasteiger partial charge in [-0.1, -0.05) is 26.0 Å². The molecule has 2 heterocycles. The summed E-state index contributed by atoms with van der Waals surface area (Å²) in [6.45, 7) is 3.54. The normalized spacial score (nSPS) is 15.9. The molecule has 160 valence electrons. The van der Waals surface area contributed by atoms with Crippen LogP contribution >= 0.6 is 0 Å². The van der Waals surface area contributed by atoms with Gasteiger partial charge < -0.3 is 29.3 Å². The Morgan fingerprint density at radius 2 is 1.90 bits per heavy atom. The SMILES string of the molecule is CC(C)C(NC(=O)c1ccco1)C(=O)OCC(=O)NCC1COc2ccccc2O1. The minimum Gasteiger partial charge on any atom is -0.486 e. The van der Waals surface area contributed by atoms with Gasteiger partial charge in [-0.25, -0.2) is 4.79 Å². The molecule has 0 fully saturated rings. The molecule has 1 aromatic carbocycles. The second-order valence-electron chi connectivity index (χ2n) is 7.08. The van der Waals surface area contributed by atoms with E-state index < -0.39 is 30.4 Å². The molecule has 30 heavy (non-hydrogen) atoms. The number of carbonyl (C=O) groups excluding carboxylic acids is 3. The monoisotopic (exact) mass is 416 g/mol. The number of fused-ring (bicyclic) bond motifs is 1. The van der Waals surface area contributed by atoms with Crippen LogP contribution in [0.2, 0.25) is 0 Å². The number of rotatable bonds is 8. The molecule has 3 rings (SSSR count). The average Bonchev–Trinajstić information content (AvgIpc) is 3.29. The smallest absolute Gasteiger partial charge is 0.329 e. The fraction of sp³-hybridized carbons (Fsp3) is 0.381. The fourth-order valence-electron chi connectivity index (χ4n) is 2.79.